The lowest BCUT2D eigenvalue weighted by molar-refractivity contribution is 0.568. The van der Waals surface area contributed by atoms with Crippen molar-refractivity contribution in [3.63, 3.8) is 0 Å². The van der Waals surface area contributed by atoms with Crippen LogP contribution in [0.15, 0.2) is 30.6 Å². The topological polar surface area (TPSA) is 41.6 Å². The lowest BCUT2D eigenvalue weighted by Gasteiger charge is -2.10. The smallest absolute Gasteiger partial charge is 0.132 e. The molecule has 0 saturated heterocycles. The lowest BCUT2D eigenvalue weighted by Crippen LogP contribution is -2.08. The number of imidazole rings is 1. The van der Waals surface area contributed by atoms with Crippen LogP contribution in [-0.2, 0) is 7.05 Å². The molecule has 0 saturated carbocycles. The predicted octanol–water partition coefficient (Wildman–Crippen LogP) is 2.35. The summed E-state index contributed by atoms with van der Waals surface area (Å²) in [6.07, 6.45) is 3.20. The number of halogens is 2. The maximum Gasteiger partial charge on any atom is 0.132 e. The summed E-state index contributed by atoms with van der Waals surface area (Å²) in [5.74, 6) is -1.81. The minimum atomic E-state index is -0.837. The van der Waals surface area contributed by atoms with Crippen molar-refractivity contribution in [1.82, 2.24) is 9.55 Å². The van der Waals surface area contributed by atoms with Crippen LogP contribution in [0, 0.1) is 23.0 Å². The van der Waals surface area contributed by atoms with Gasteiger partial charge in [0.15, 0.2) is 0 Å². The number of benzene rings is 1. The van der Waals surface area contributed by atoms with Crippen LogP contribution in [0.3, 0.4) is 0 Å². The van der Waals surface area contributed by atoms with Gasteiger partial charge in [-0.15, -0.1) is 0 Å². The third-order valence-corrected chi connectivity index (χ3v) is 2.52. The Morgan fingerprint density at radius 1 is 1.41 bits per heavy atom. The van der Waals surface area contributed by atoms with Gasteiger partial charge >= 0.3 is 0 Å². The first-order valence-electron chi connectivity index (χ1n) is 4.95. The largest absolute Gasteiger partial charge is 0.337 e. The van der Waals surface area contributed by atoms with Crippen LogP contribution in [-0.4, -0.2) is 9.55 Å². The Kier molecular flexibility index (Phi) is 2.88. The van der Waals surface area contributed by atoms with E-state index in [2.05, 4.69) is 4.98 Å². The quantitative estimate of drug-likeness (QED) is 0.799. The van der Waals surface area contributed by atoms with E-state index in [1.807, 2.05) is 6.07 Å². The molecule has 0 N–H and O–H groups in total. The Balaban J connectivity index is 2.51. The number of nitriles is 1. The van der Waals surface area contributed by atoms with E-state index in [1.165, 1.54) is 12.3 Å². The molecule has 2 rings (SSSR count). The second-order valence-corrected chi connectivity index (χ2v) is 3.62. The van der Waals surface area contributed by atoms with Crippen molar-refractivity contribution in [1.29, 1.82) is 5.26 Å². The van der Waals surface area contributed by atoms with Gasteiger partial charge < -0.3 is 4.57 Å². The van der Waals surface area contributed by atoms with Gasteiger partial charge in [0.05, 0.1) is 6.07 Å². The summed E-state index contributed by atoms with van der Waals surface area (Å²) in [4.78, 5) is 4.01. The monoisotopic (exact) mass is 233 g/mol. The van der Waals surface area contributed by atoms with E-state index < -0.39 is 17.6 Å². The predicted molar refractivity (Wildman–Crippen MR) is 57.0 cm³/mol. The highest BCUT2D eigenvalue weighted by atomic mass is 19.1. The van der Waals surface area contributed by atoms with Gasteiger partial charge in [-0.2, -0.15) is 5.26 Å². The molecule has 0 amide bonds. The first-order chi connectivity index (χ1) is 8.13. The first-order valence-corrected chi connectivity index (χ1v) is 4.95. The summed E-state index contributed by atoms with van der Waals surface area (Å²) in [6, 6.07) is 5.14. The summed E-state index contributed by atoms with van der Waals surface area (Å²) < 4.78 is 28.0. The van der Waals surface area contributed by atoms with E-state index in [4.69, 9.17) is 5.26 Å². The summed E-state index contributed by atoms with van der Waals surface area (Å²) in [7, 11) is 1.72. The molecule has 0 bridgehead atoms. The van der Waals surface area contributed by atoms with Gasteiger partial charge in [0.1, 0.15) is 23.4 Å². The first kappa shape index (κ1) is 11.3. The maximum atomic E-state index is 13.6. The zero-order valence-corrected chi connectivity index (χ0v) is 9.06. The SMILES string of the molecule is Cn1ccnc1C(C#N)c1ccc(F)cc1F. The lowest BCUT2D eigenvalue weighted by atomic mass is 9.99. The molecule has 2 aromatic rings. The second-order valence-electron chi connectivity index (χ2n) is 3.62. The number of hydrogen-bond acceptors (Lipinski definition) is 2. The molecule has 1 aromatic heterocycles. The molecule has 1 unspecified atom stereocenters. The molecule has 1 atom stereocenters. The molecule has 0 fully saturated rings. The van der Waals surface area contributed by atoms with Gasteiger partial charge in [-0.3, -0.25) is 0 Å². The molecule has 1 heterocycles. The summed E-state index contributed by atoms with van der Waals surface area (Å²) in [5, 5.41) is 9.11. The van der Waals surface area contributed by atoms with Crippen molar-refractivity contribution in [3.8, 4) is 6.07 Å². The van der Waals surface area contributed by atoms with Crippen molar-refractivity contribution >= 4 is 0 Å². The highest BCUT2D eigenvalue weighted by molar-refractivity contribution is 5.33. The molecule has 0 radical (unpaired) electrons. The van der Waals surface area contributed by atoms with Gasteiger partial charge in [-0.25, -0.2) is 13.8 Å². The van der Waals surface area contributed by atoms with E-state index in [0.717, 1.165) is 12.1 Å². The highest BCUT2D eigenvalue weighted by Crippen LogP contribution is 2.25. The third kappa shape index (κ3) is 2.02. The minimum Gasteiger partial charge on any atom is -0.337 e. The van der Waals surface area contributed by atoms with Crippen molar-refractivity contribution in [2.75, 3.05) is 0 Å². The normalized spacial score (nSPS) is 12.1. The average molecular weight is 233 g/mol. The third-order valence-electron chi connectivity index (χ3n) is 2.52. The summed E-state index contributed by atoms with van der Waals surface area (Å²) in [6.45, 7) is 0. The van der Waals surface area contributed by atoms with Gasteiger partial charge in [-0.1, -0.05) is 6.07 Å². The Morgan fingerprint density at radius 3 is 2.71 bits per heavy atom. The number of aromatic nitrogens is 2. The Labute approximate surface area is 96.9 Å². The number of aryl methyl sites for hydroxylation is 1. The fraction of sp³-hybridized carbons (Fsp3) is 0.167. The molecule has 0 spiro atoms. The van der Waals surface area contributed by atoms with Crippen LogP contribution in [0.5, 0.6) is 0 Å². The van der Waals surface area contributed by atoms with Gasteiger partial charge in [0.25, 0.3) is 0 Å². The average Bonchev–Trinajstić information content (AvgIpc) is 2.69. The van der Waals surface area contributed by atoms with E-state index >= 15 is 0 Å². The van der Waals surface area contributed by atoms with Crippen LogP contribution in [0.4, 0.5) is 8.78 Å². The van der Waals surface area contributed by atoms with E-state index in [0.29, 0.717) is 5.82 Å². The van der Waals surface area contributed by atoms with Crippen molar-refractivity contribution in [2.45, 2.75) is 5.92 Å². The maximum absolute atomic E-state index is 13.6. The molecule has 0 aliphatic rings. The van der Waals surface area contributed by atoms with E-state index in [-0.39, 0.29) is 5.56 Å². The van der Waals surface area contributed by atoms with Gasteiger partial charge in [0, 0.05) is 31.1 Å². The second kappa shape index (κ2) is 4.34. The van der Waals surface area contributed by atoms with E-state index in [1.54, 1.807) is 17.8 Å². The van der Waals surface area contributed by atoms with Gasteiger partial charge in [-0.05, 0) is 6.07 Å². The number of rotatable bonds is 2. The van der Waals surface area contributed by atoms with Crippen molar-refractivity contribution < 1.29 is 8.78 Å². The Morgan fingerprint density at radius 2 is 2.18 bits per heavy atom. The van der Waals surface area contributed by atoms with Crippen LogP contribution in [0.25, 0.3) is 0 Å². The molecule has 0 aliphatic carbocycles. The molecule has 17 heavy (non-hydrogen) atoms. The Hall–Kier alpha value is -2.22. The van der Waals surface area contributed by atoms with Gasteiger partial charge in [0.2, 0.25) is 0 Å². The van der Waals surface area contributed by atoms with Crippen LogP contribution < -0.4 is 0 Å². The van der Waals surface area contributed by atoms with E-state index in [9.17, 15) is 8.78 Å². The Bertz CT molecular complexity index is 584. The number of hydrogen-bond donors (Lipinski definition) is 0. The molecule has 86 valence electrons. The minimum absolute atomic E-state index is 0.128. The molecule has 1 aromatic carbocycles. The van der Waals surface area contributed by atoms with Crippen molar-refractivity contribution in [2.24, 2.45) is 7.05 Å². The summed E-state index contributed by atoms with van der Waals surface area (Å²) in [5.41, 5.74) is 0.128. The number of nitrogens with zero attached hydrogens (tertiary/aromatic N) is 3. The van der Waals surface area contributed by atoms with Crippen LogP contribution in [0.1, 0.15) is 17.3 Å². The standard InChI is InChI=1S/C12H9F2N3/c1-17-5-4-16-12(17)10(7-15)9-3-2-8(13)6-11(9)14/h2-6,10H,1H3. The van der Waals surface area contributed by atoms with Crippen LogP contribution in [0.2, 0.25) is 0 Å². The zero-order valence-electron chi connectivity index (χ0n) is 9.06. The molecular weight excluding hydrogens is 224 g/mol. The fourth-order valence-electron chi connectivity index (χ4n) is 1.66. The molecule has 0 aliphatic heterocycles. The molecular formula is C12H9F2N3. The molecule has 3 nitrogen and oxygen atoms in total. The summed E-state index contributed by atoms with van der Waals surface area (Å²) >= 11 is 0. The van der Waals surface area contributed by atoms with Crippen LogP contribution >= 0.6 is 0 Å². The highest BCUT2D eigenvalue weighted by Gasteiger charge is 2.21. The molecule has 5 heteroatoms. The van der Waals surface area contributed by atoms with Crippen molar-refractivity contribution in [3.05, 3.63) is 53.6 Å². The fourth-order valence-corrected chi connectivity index (χ4v) is 1.66. The zero-order chi connectivity index (χ0) is 12.4.